The molecule has 0 bridgehead atoms. The van der Waals surface area contributed by atoms with Gasteiger partial charge in [0.05, 0.1) is 6.26 Å². The first-order valence-corrected chi connectivity index (χ1v) is 7.57. The summed E-state index contributed by atoms with van der Waals surface area (Å²) in [6.07, 6.45) is 1.15. The lowest BCUT2D eigenvalue weighted by molar-refractivity contribution is 0.476. The van der Waals surface area contributed by atoms with Gasteiger partial charge < -0.3 is 11.1 Å². The Morgan fingerprint density at radius 2 is 1.94 bits per heavy atom. The molecule has 0 spiro atoms. The van der Waals surface area contributed by atoms with E-state index < -0.39 is 15.6 Å². The number of nitrogens with one attached hydrogen (secondary N) is 2. The van der Waals surface area contributed by atoms with E-state index >= 15 is 0 Å². The van der Waals surface area contributed by atoms with Crippen LogP contribution in [-0.2, 0) is 10.0 Å². The Kier molecular flexibility index (Phi) is 4.24. The normalized spacial score (nSPS) is 12.4. The summed E-state index contributed by atoms with van der Waals surface area (Å²) in [4.78, 5) is 0. The Morgan fingerprint density at radius 1 is 1.33 bits per heavy atom. The summed E-state index contributed by atoms with van der Waals surface area (Å²) in [6.45, 7) is 6.09. The Balaban J connectivity index is 2.72. The number of benzene rings is 1. The van der Waals surface area contributed by atoms with Crippen LogP contribution >= 0.6 is 0 Å². The Morgan fingerprint density at radius 3 is 2.50 bits per heavy atom. The van der Waals surface area contributed by atoms with Gasteiger partial charge >= 0.3 is 0 Å². The largest absolute Gasteiger partial charge is 0.399 e. The first-order valence-electron chi connectivity index (χ1n) is 5.68. The molecular formula is C12H21N3O2S. The van der Waals surface area contributed by atoms with Gasteiger partial charge in [0.2, 0.25) is 10.0 Å². The molecule has 0 fully saturated rings. The summed E-state index contributed by atoms with van der Waals surface area (Å²) in [5.41, 5.74) is 7.81. The van der Waals surface area contributed by atoms with Crippen LogP contribution in [-0.4, -0.2) is 26.8 Å². The molecule has 1 aromatic carbocycles. The van der Waals surface area contributed by atoms with Crippen molar-refractivity contribution in [3.63, 3.8) is 0 Å². The lowest BCUT2D eigenvalue weighted by atomic mass is 10.1. The van der Waals surface area contributed by atoms with Crippen molar-refractivity contribution in [2.45, 2.75) is 26.3 Å². The van der Waals surface area contributed by atoms with E-state index in [9.17, 15) is 8.42 Å². The van der Waals surface area contributed by atoms with Crippen molar-refractivity contribution in [1.82, 2.24) is 4.72 Å². The van der Waals surface area contributed by atoms with Crippen molar-refractivity contribution >= 4 is 21.4 Å². The molecule has 5 nitrogen and oxygen atoms in total. The van der Waals surface area contributed by atoms with Crippen molar-refractivity contribution in [2.75, 3.05) is 23.9 Å². The first kappa shape index (κ1) is 14.8. The van der Waals surface area contributed by atoms with Gasteiger partial charge in [-0.1, -0.05) is 6.07 Å². The standard InChI is InChI=1S/C12H21N3O2S/c1-9-5-6-10(13)7-11(9)14-8-12(2,3)15-18(4,16)17/h5-7,14-15H,8,13H2,1-4H3. The second kappa shape index (κ2) is 5.16. The van der Waals surface area contributed by atoms with E-state index in [0.717, 1.165) is 17.5 Å². The van der Waals surface area contributed by atoms with Crippen LogP contribution in [0.3, 0.4) is 0 Å². The zero-order chi connectivity index (χ0) is 14.0. The third kappa shape index (κ3) is 4.93. The van der Waals surface area contributed by atoms with Gasteiger partial charge in [0, 0.05) is 23.5 Å². The van der Waals surface area contributed by atoms with Crippen LogP contribution < -0.4 is 15.8 Å². The molecule has 0 saturated carbocycles. The summed E-state index contributed by atoms with van der Waals surface area (Å²) < 4.78 is 25.0. The van der Waals surface area contributed by atoms with E-state index in [1.807, 2.05) is 39.0 Å². The molecule has 0 amide bonds. The molecule has 0 unspecified atom stereocenters. The van der Waals surface area contributed by atoms with Gasteiger partial charge in [-0.15, -0.1) is 0 Å². The fourth-order valence-corrected chi connectivity index (χ4v) is 2.76. The summed E-state index contributed by atoms with van der Waals surface area (Å²) in [5, 5.41) is 3.21. The van der Waals surface area contributed by atoms with Crippen LogP contribution in [0, 0.1) is 6.92 Å². The molecule has 1 aromatic rings. The van der Waals surface area contributed by atoms with E-state index in [2.05, 4.69) is 10.0 Å². The Labute approximate surface area is 109 Å². The maximum atomic E-state index is 11.2. The lowest BCUT2D eigenvalue weighted by Crippen LogP contribution is -2.47. The number of anilines is 2. The smallest absolute Gasteiger partial charge is 0.209 e. The van der Waals surface area contributed by atoms with Gasteiger partial charge in [0.15, 0.2) is 0 Å². The van der Waals surface area contributed by atoms with Crippen LogP contribution in [0.2, 0.25) is 0 Å². The molecule has 4 N–H and O–H groups in total. The molecule has 0 aliphatic carbocycles. The summed E-state index contributed by atoms with van der Waals surface area (Å²) in [7, 11) is -3.22. The molecule has 1 rings (SSSR count). The summed E-state index contributed by atoms with van der Waals surface area (Å²) >= 11 is 0. The minimum atomic E-state index is -3.22. The highest BCUT2D eigenvalue weighted by Crippen LogP contribution is 2.19. The van der Waals surface area contributed by atoms with Gasteiger partial charge in [-0.3, -0.25) is 0 Å². The molecule has 102 valence electrons. The molecule has 6 heteroatoms. The molecule has 0 aromatic heterocycles. The number of nitrogen functional groups attached to an aromatic ring is 1. The topological polar surface area (TPSA) is 84.2 Å². The minimum Gasteiger partial charge on any atom is -0.399 e. The first-order chi connectivity index (χ1) is 8.09. The van der Waals surface area contributed by atoms with Crippen LogP contribution in [0.1, 0.15) is 19.4 Å². The molecule has 0 saturated heterocycles. The Hall–Kier alpha value is -1.27. The number of hydrogen-bond acceptors (Lipinski definition) is 4. The van der Waals surface area contributed by atoms with E-state index in [-0.39, 0.29) is 0 Å². The third-order valence-corrected chi connectivity index (χ3v) is 3.37. The van der Waals surface area contributed by atoms with E-state index in [4.69, 9.17) is 5.73 Å². The highest BCUT2D eigenvalue weighted by Gasteiger charge is 2.21. The molecule has 0 aliphatic heterocycles. The van der Waals surface area contributed by atoms with Crippen LogP contribution in [0.4, 0.5) is 11.4 Å². The minimum absolute atomic E-state index is 0.477. The van der Waals surface area contributed by atoms with E-state index in [0.29, 0.717) is 12.2 Å². The van der Waals surface area contributed by atoms with Gasteiger partial charge in [-0.05, 0) is 38.5 Å². The molecular weight excluding hydrogens is 250 g/mol. The SMILES string of the molecule is Cc1ccc(N)cc1NCC(C)(C)NS(C)(=O)=O. The summed E-state index contributed by atoms with van der Waals surface area (Å²) in [6, 6.07) is 5.60. The van der Waals surface area contributed by atoms with Crippen molar-refractivity contribution < 1.29 is 8.42 Å². The maximum absolute atomic E-state index is 11.2. The van der Waals surface area contributed by atoms with Crippen LogP contribution in [0.25, 0.3) is 0 Å². The van der Waals surface area contributed by atoms with E-state index in [1.54, 1.807) is 0 Å². The van der Waals surface area contributed by atoms with Gasteiger partial charge in [-0.25, -0.2) is 13.1 Å². The van der Waals surface area contributed by atoms with E-state index in [1.165, 1.54) is 0 Å². The molecule has 18 heavy (non-hydrogen) atoms. The quantitative estimate of drug-likeness (QED) is 0.705. The van der Waals surface area contributed by atoms with Crippen LogP contribution in [0.5, 0.6) is 0 Å². The van der Waals surface area contributed by atoms with Crippen LogP contribution in [0.15, 0.2) is 18.2 Å². The zero-order valence-corrected chi connectivity index (χ0v) is 12.1. The number of hydrogen-bond donors (Lipinski definition) is 3. The number of aryl methyl sites for hydroxylation is 1. The fourth-order valence-electron chi connectivity index (χ4n) is 1.68. The van der Waals surface area contributed by atoms with Crippen molar-refractivity contribution in [3.05, 3.63) is 23.8 Å². The highest BCUT2D eigenvalue weighted by molar-refractivity contribution is 7.88. The summed E-state index contributed by atoms with van der Waals surface area (Å²) in [5.74, 6) is 0. The zero-order valence-electron chi connectivity index (χ0n) is 11.2. The van der Waals surface area contributed by atoms with Crippen molar-refractivity contribution in [2.24, 2.45) is 0 Å². The van der Waals surface area contributed by atoms with Crippen molar-refractivity contribution in [1.29, 1.82) is 0 Å². The Bertz CT molecular complexity index is 524. The van der Waals surface area contributed by atoms with Crippen molar-refractivity contribution in [3.8, 4) is 0 Å². The van der Waals surface area contributed by atoms with Gasteiger partial charge in [0.1, 0.15) is 0 Å². The predicted octanol–water partition coefficient (Wildman–Crippen LogP) is 1.32. The molecule has 0 heterocycles. The highest BCUT2D eigenvalue weighted by atomic mass is 32.2. The average molecular weight is 271 g/mol. The third-order valence-electron chi connectivity index (χ3n) is 2.44. The molecule has 0 radical (unpaired) electrons. The fraction of sp³-hybridized carbons (Fsp3) is 0.500. The second-order valence-corrected chi connectivity index (χ2v) is 6.93. The second-order valence-electron chi connectivity index (χ2n) is 5.19. The number of sulfonamides is 1. The average Bonchev–Trinajstić information content (AvgIpc) is 2.16. The molecule has 0 atom stereocenters. The maximum Gasteiger partial charge on any atom is 0.209 e. The number of nitrogens with two attached hydrogens (primary N) is 1. The van der Waals surface area contributed by atoms with Gasteiger partial charge in [0.25, 0.3) is 0 Å². The monoisotopic (exact) mass is 271 g/mol. The predicted molar refractivity (Wildman–Crippen MR) is 76.1 cm³/mol. The van der Waals surface area contributed by atoms with Gasteiger partial charge in [-0.2, -0.15) is 0 Å². The lowest BCUT2D eigenvalue weighted by Gasteiger charge is -2.26. The molecule has 0 aliphatic rings. The number of rotatable bonds is 5.